The lowest BCUT2D eigenvalue weighted by Gasteiger charge is -2.46. The minimum absolute atomic E-state index is 0.0440. The first-order chi connectivity index (χ1) is 13.1. The zero-order valence-corrected chi connectivity index (χ0v) is 15.9. The van der Waals surface area contributed by atoms with Crippen LogP contribution in [0.15, 0.2) is 24.5 Å². The Hall–Kier alpha value is -1.99. The molecule has 7 heteroatoms. The van der Waals surface area contributed by atoms with Crippen LogP contribution in [-0.4, -0.2) is 73.0 Å². The molecule has 0 radical (unpaired) electrons. The van der Waals surface area contributed by atoms with Crippen LogP contribution in [0.5, 0.6) is 0 Å². The van der Waals surface area contributed by atoms with E-state index < -0.39 is 0 Å². The molecule has 27 heavy (non-hydrogen) atoms. The number of pyridine rings is 1. The number of likely N-dealkylation sites (tertiary alicyclic amines) is 2. The van der Waals surface area contributed by atoms with E-state index in [2.05, 4.69) is 21.3 Å². The summed E-state index contributed by atoms with van der Waals surface area (Å²) in [5, 5.41) is 3.08. The van der Waals surface area contributed by atoms with Crippen LogP contribution in [0, 0.1) is 10.8 Å². The Morgan fingerprint density at radius 1 is 1.30 bits per heavy atom. The normalized spacial score (nSPS) is 27.4. The summed E-state index contributed by atoms with van der Waals surface area (Å²) in [7, 11) is 1.55. The van der Waals surface area contributed by atoms with E-state index in [0.717, 1.165) is 45.4 Å². The fourth-order valence-corrected chi connectivity index (χ4v) is 5.41. The second kappa shape index (κ2) is 7.20. The molecular weight excluding hydrogens is 344 g/mol. The zero-order valence-electron chi connectivity index (χ0n) is 15.9. The number of rotatable bonds is 4. The number of hydrogen-bond donors (Lipinski definition) is 1. The molecule has 0 aromatic carbocycles. The van der Waals surface area contributed by atoms with Crippen molar-refractivity contribution in [2.24, 2.45) is 10.8 Å². The highest BCUT2D eigenvalue weighted by Crippen LogP contribution is 2.56. The monoisotopic (exact) mass is 372 g/mol. The lowest BCUT2D eigenvalue weighted by Crippen LogP contribution is -2.53. The summed E-state index contributed by atoms with van der Waals surface area (Å²) in [6.45, 7) is 4.81. The Bertz CT molecular complexity index is 702. The second-order valence-corrected chi connectivity index (χ2v) is 8.19. The minimum Gasteiger partial charge on any atom is -0.375 e. The van der Waals surface area contributed by atoms with E-state index in [1.54, 1.807) is 13.3 Å². The van der Waals surface area contributed by atoms with E-state index in [-0.39, 0.29) is 29.3 Å². The van der Waals surface area contributed by atoms with Crippen molar-refractivity contribution in [1.29, 1.82) is 0 Å². The Kier molecular flexibility index (Phi) is 4.90. The summed E-state index contributed by atoms with van der Waals surface area (Å²) < 4.78 is 5.00. The number of piperidine rings is 1. The van der Waals surface area contributed by atoms with Gasteiger partial charge in [0.2, 0.25) is 11.8 Å². The Morgan fingerprint density at radius 3 is 2.74 bits per heavy atom. The van der Waals surface area contributed by atoms with Crippen molar-refractivity contribution in [2.45, 2.75) is 25.8 Å². The quantitative estimate of drug-likeness (QED) is 0.840. The van der Waals surface area contributed by atoms with Gasteiger partial charge < -0.3 is 15.0 Å². The topological polar surface area (TPSA) is 74.8 Å². The predicted octanol–water partition coefficient (Wildman–Crippen LogP) is 0.659. The number of hydrogen-bond acceptors (Lipinski definition) is 5. The van der Waals surface area contributed by atoms with E-state index >= 15 is 0 Å². The van der Waals surface area contributed by atoms with Crippen molar-refractivity contribution in [2.75, 3.05) is 46.4 Å². The molecule has 3 fully saturated rings. The molecule has 2 spiro atoms. The summed E-state index contributed by atoms with van der Waals surface area (Å²) in [4.78, 5) is 33.6. The highest BCUT2D eigenvalue weighted by molar-refractivity contribution is 5.86. The average molecular weight is 372 g/mol. The molecule has 1 aromatic rings. The molecule has 1 aromatic heterocycles. The van der Waals surface area contributed by atoms with Gasteiger partial charge in [-0.3, -0.25) is 19.5 Å². The van der Waals surface area contributed by atoms with Gasteiger partial charge in [0.1, 0.15) is 6.61 Å². The van der Waals surface area contributed by atoms with Crippen LogP contribution < -0.4 is 5.32 Å². The average Bonchev–Trinajstić information content (AvgIpc) is 3.18. The van der Waals surface area contributed by atoms with Crippen LogP contribution in [0.3, 0.4) is 0 Å². The molecular formula is C20H28N4O3. The van der Waals surface area contributed by atoms with Gasteiger partial charge in [-0.15, -0.1) is 0 Å². The van der Waals surface area contributed by atoms with Gasteiger partial charge in [-0.2, -0.15) is 0 Å². The Labute approximate surface area is 160 Å². The maximum absolute atomic E-state index is 12.9. The molecule has 2 amide bonds. The standard InChI is InChI=1S/C20H28N4O3/c1-27-13-17(25)24-9-5-19(6-10-24)14-23(12-16-3-2-7-21-11-16)15-20(19)4-8-22-18(20)26/h2-3,7,11H,4-6,8-10,12-15H2,1H3,(H,22,26). The SMILES string of the molecule is COCC(=O)N1CCC2(CC1)CN(Cc1cccnc1)CC21CCNC1=O. The minimum atomic E-state index is -0.328. The fourth-order valence-electron chi connectivity index (χ4n) is 5.41. The molecule has 4 rings (SSSR count). The van der Waals surface area contributed by atoms with E-state index in [1.807, 2.05) is 17.2 Å². The molecule has 0 bridgehead atoms. The molecule has 0 saturated carbocycles. The van der Waals surface area contributed by atoms with Crippen LogP contribution in [0.2, 0.25) is 0 Å². The van der Waals surface area contributed by atoms with Gasteiger partial charge in [-0.05, 0) is 30.9 Å². The number of amides is 2. The van der Waals surface area contributed by atoms with Crippen molar-refractivity contribution in [1.82, 2.24) is 20.1 Å². The molecule has 1 atom stereocenters. The van der Waals surface area contributed by atoms with Gasteiger partial charge in [0, 0.05) is 64.2 Å². The van der Waals surface area contributed by atoms with Crippen LogP contribution in [-0.2, 0) is 20.9 Å². The van der Waals surface area contributed by atoms with Crippen molar-refractivity contribution in [3.05, 3.63) is 30.1 Å². The highest BCUT2D eigenvalue weighted by Gasteiger charge is 2.63. The van der Waals surface area contributed by atoms with Gasteiger partial charge in [0.05, 0.1) is 5.41 Å². The molecule has 1 N–H and O–H groups in total. The number of ether oxygens (including phenoxy) is 1. The second-order valence-electron chi connectivity index (χ2n) is 8.19. The highest BCUT2D eigenvalue weighted by atomic mass is 16.5. The summed E-state index contributed by atoms with van der Waals surface area (Å²) in [5.41, 5.74) is 0.793. The largest absolute Gasteiger partial charge is 0.375 e. The van der Waals surface area contributed by atoms with Gasteiger partial charge in [0.15, 0.2) is 0 Å². The Morgan fingerprint density at radius 2 is 2.11 bits per heavy atom. The summed E-state index contributed by atoms with van der Waals surface area (Å²) >= 11 is 0. The molecule has 0 aliphatic carbocycles. The van der Waals surface area contributed by atoms with Crippen molar-refractivity contribution in [3.63, 3.8) is 0 Å². The molecule has 3 aliphatic rings. The van der Waals surface area contributed by atoms with Crippen LogP contribution in [0.1, 0.15) is 24.8 Å². The smallest absolute Gasteiger partial charge is 0.248 e. The van der Waals surface area contributed by atoms with Crippen molar-refractivity contribution in [3.8, 4) is 0 Å². The van der Waals surface area contributed by atoms with Crippen molar-refractivity contribution >= 4 is 11.8 Å². The number of nitrogens with one attached hydrogen (secondary N) is 1. The fraction of sp³-hybridized carbons (Fsp3) is 0.650. The van der Waals surface area contributed by atoms with E-state index in [0.29, 0.717) is 13.1 Å². The lowest BCUT2D eigenvalue weighted by molar-refractivity contribution is -0.141. The first kappa shape index (κ1) is 18.4. The van der Waals surface area contributed by atoms with Gasteiger partial charge in [-0.1, -0.05) is 6.07 Å². The first-order valence-corrected chi connectivity index (χ1v) is 9.75. The lowest BCUT2D eigenvalue weighted by atomic mass is 9.60. The number of nitrogens with zero attached hydrogens (tertiary/aromatic N) is 3. The van der Waals surface area contributed by atoms with Crippen LogP contribution in [0.4, 0.5) is 0 Å². The zero-order chi connectivity index (χ0) is 18.9. The maximum atomic E-state index is 12.9. The summed E-state index contributed by atoms with van der Waals surface area (Å²) in [5.74, 6) is 0.246. The van der Waals surface area contributed by atoms with Crippen LogP contribution >= 0.6 is 0 Å². The van der Waals surface area contributed by atoms with Crippen LogP contribution in [0.25, 0.3) is 0 Å². The third-order valence-electron chi connectivity index (χ3n) is 6.78. The molecule has 4 heterocycles. The number of carbonyl (C=O) groups excluding carboxylic acids is 2. The molecule has 3 aliphatic heterocycles. The number of fused-ring (bicyclic) bond motifs is 1. The third-order valence-corrected chi connectivity index (χ3v) is 6.78. The third kappa shape index (κ3) is 3.12. The van der Waals surface area contributed by atoms with Gasteiger partial charge in [-0.25, -0.2) is 0 Å². The molecule has 3 saturated heterocycles. The Balaban J connectivity index is 1.53. The molecule has 146 valence electrons. The van der Waals surface area contributed by atoms with Gasteiger partial charge >= 0.3 is 0 Å². The van der Waals surface area contributed by atoms with E-state index in [9.17, 15) is 9.59 Å². The predicted molar refractivity (Wildman–Crippen MR) is 99.7 cm³/mol. The van der Waals surface area contributed by atoms with E-state index in [4.69, 9.17) is 4.74 Å². The van der Waals surface area contributed by atoms with Gasteiger partial charge in [0.25, 0.3) is 0 Å². The number of aromatic nitrogens is 1. The van der Waals surface area contributed by atoms with E-state index in [1.165, 1.54) is 5.56 Å². The first-order valence-electron chi connectivity index (χ1n) is 9.75. The summed E-state index contributed by atoms with van der Waals surface area (Å²) in [6, 6.07) is 4.05. The number of carbonyl (C=O) groups is 2. The molecule has 1 unspecified atom stereocenters. The van der Waals surface area contributed by atoms with Crippen molar-refractivity contribution < 1.29 is 14.3 Å². The molecule has 7 nitrogen and oxygen atoms in total. The maximum Gasteiger partial charge on any atom is 0.248 e. The number of methoxy groups -OCH3 is 1. The summed E-state index contributed by atoms with van der Waals surface area (Å²) in [6.07, 6.45) is 6.33.